The molecule has 0 fully saturated rings. The van der Waals surface area contributed by atoms with E-state index in [2.05, 4.69) is 11.2 Å². The van der Waals surface area contributed by atoms with Gasteiger partial charge in [0, 0.05) is 38.9 Å². The molecule has 0 radical (unpaired) electrons. The third-order valence-electron chi connectivity index (χ3n) is 1.92. The number of amidine groups is 1. The van der Waals surface area contributed by atoms with Crippen LogP contribution in [0, 0.1) is 5.41 Å². The summed E-state index contributed by atoms with van der Waals surface area (Å²) in [4.78, 5) is 2.28. The van der Waals surface area contributed by atoms with Crippen LogP contribution in [-0.2, 0) is 4.74 Å². The van der Waals surface area contributed by atoms with E-state index in [1.807, 2.05) is 11.8 Å². The highest BCUT2D eigenvalue weighted by molar-refractivity contribution is 7.98. The summed E-state index contributed by atoms with van der Waals surface area (Å²) in [5.74, 6) is 1.37. The number of rotatable bonds is 9. The van der Waals surface area contributed by atoms with Gasteiger partial charge in [0.05, 0.1) is 12.4 Å². The van der Waals surface area contributed by atoms with Crippen molar-refractivity contribution in [3.05, 3.63) is 0 Å². The summed E-state index contributed by atoms with van der Waals surface area (Å²) in [6.07, 6.45) is 2.75. The van der Waals surface area contributed by atoms with Crippen molar-refractivity contribution in [2.45, 2.75) is 6.42 Å². The van der Waals surface area contributed by atoms with Crippen molar-refractivity contribution in [3.8, 4) is 0 Å². The Morgan fingerprint density at radius 2 is 2.14 bits per heavy atom. The molecule has 14 heavy (non-hydrogen) atoms. The second kappa shape index (κ2) is 9.30. The van der Waals surface area contributed by atoms with Crippen LogP contribution in [0.5, 0.6) is 0 Å². The van der Waals surface area contributed by atoms with Crippen LogP contribution in [0.1, 0.15) is 6.42 Å². The maximum atomic E-state index is 7.16. The van der Waals surface area contributed by atoms with Crippen molar-refractivity contribution < 1.29 is 4.74 Å². The van der Waals surface area contributed by atoms with Crippen LogP contribution in [-0.4, -0.2) is 56.1 Å². The SMILES string of the molecule is COCCN(CCSC)CCC(=N)N. The normalized spacial score (nSPS) is 10.8. The number of thioether (sulfide) groups is 1. The lowest BCUT2D eigenvalue weighted by atomic mass is 10.3. The van der Waals surface area contributed by atoms with Gasteiger partial charge in [-0.25, -0.2) is 0 Å². The molecule has 84 valence electrons. The molecule has 0 aliphatic rings. The smallest absolute Gasteiger partial charge is 0.0918 e. The third kappa shape index (κ3) is 8.34. The Morgan fingerprint density at radius 1 is 1.43 bits per heavy atom. The number of ether oxygens (including phenoxy) is 1. The fourth-order valence-electron chi connectivity index (χ4n) is 1.05. The molecule has 0 aromatic heterocycles. The van der Waals surface area contributed by atoms with Crippen LogP contribution in [0.25, 0.3) is 0 Å². The Morgan fingerprint density at radius 3 is 2.64 bits per heavy atom. The fraction of sp³-hybridized carbons (Fsp3) is 0.889. The molecule has 3 N–H and O–H groups in total. The number of hydrogen-bond acceptors (Lipinski definition) is 4. The maximum absolute atomic E-state index is 7.16. The number of nitrogens with two attached hydrogens (primary N) is 1. The summed E-state index contributed by atoms with van der Waals surface area (Å²) in [6, 6.07) is 0. The topological polar surface area (TPSA) is 62.3 Å². The third-order valence-corrected chi connectivity index (χ3v) is 2.51. The van der Waals surface area contributed by atoms with Crippen molar-refractivity contribution in [1.82, 2.24) is 4.90 Å². The van der Waals surface area contributed by atoms with E-state index in [0.717, 1.165) is 32.0 Å². The summed E-state index contributed by atoms with van der Waals surface area (Å²) in [5.41, 5.74) is 5.32. The number of nitrogens with zero attached hydrogens (tertiary/aromatic N) is 1. The molecule has 0 aromatic carbocycles. The molecular formula is C9H21N3OS. The Labute approximate surface area is 90.7 Å². The standard InChI is InChI=1S/C9H21N3OS/c1-13-7-5-12(6-8-14-2)4-3-9(10)11/h3-8H2,1-2H3,(H3,10,11). The van der Waals surface area contributed by atoms with Crippen LogP contribution in [0.4, 0.5) is 0 Å². The molecule has 0 aromatic rings. The zero-order valence-electron chi connectivity index (χ0n) is 9.08. The van der Waals surface area contributed by atoms with Gasteiger partial charge in [0.25, 0.3) is 0 Å². The summed E-state index contributed by atoms with van der Waals surface area (Å²) < 4.78 is 5.03. The van der Waals surface area contributed by atoms with Crippen molar-refractivity contribution in [1.29, 1.82) is 5.41 Å². The molecule has 0 spiro atoms. The van der Waals surface area contributed by atoms with Gasteiger partial charge in [-0.3, -0.25) is 10.3 Å². The van der Waals surface area contributed by atoms with Crippen LogP contribution in [0.2, 0.25) is 0 Å². The first kappa shape index (κ1) is 13.7. The van der Waals surface area contributed by atoms with Gasteiger partial charge in [0.2, 0.25) is 0 Å². The first-order chi connectivity index (χ1) is 6.70. The predicted molar refractivity (Wildman–Crippen MR) is 63.2 cm³/mol. The average Bonchev–Trinajstić information content (AvgIpc) is 2.16. The van der Waals surface area contributed by atoms with E-state index in [9.17, 15) is 0 Å². The van der Waals surface area contributed by atoms with Gasteiger partial charge in [0.15, 0.2) is 0 Å². The molecular weight excluding hydrogens is 198 g/mol. The minimum atomic E-state index is 0.261. The van der Waals surface area contributed by atoms with Gasteiger partial charge in [-0.15, -0.1) is 0 Å². The monoisotopic (exact) mass is 219 g/mol. The summed E-state index contributed by atoms with van der Waals surface area (Å²) >= 11 is 1.83. The number of methoxy groups -OCH3 is 1. The molecule has 4 nitrogen and oxygen atoms in total. The van der Waals surface area contributed by atoms with E-state index in [1.54, 1.807) is 7.11 Å². The maximum Gasteiger partial charge on any atom is 0.0918 e. The highest BCUT2D eigenvalue weighted by Gasteiger charge is 2.04. The molecule has 0 aliphatic heterocycles. The first-order valence-corrected chi connectivity index (χ1v) is 6.13. The van der Waals surface area contributed by atoms with Gasteiger partial charge in [-0.1, -0.05) is 0 Å². The fourth-order valence-corrected chi connectivity index (χ4v) is 1.50. The Balaban J connectivity index is 3.65. The molecule has 0 amide bonds. The molecule has 0 heterocycles. The van der Waals surface area contributed by atoms with Crippen molar-refractivity contribution in [3.63, 3.8) is 0 Å². The first-order valence-electron chi connectivity index (χ1n) is 4.73. The Kier molecular flexibility index (Phi) is 9.13. The van der Waals surface area contributed by atoms with Crippen molar-refractivity contribution in [2.24, 2.45) is 5.73 Å². The molecule has 5 heteroatoms. The summed E-state index contributed by atoms with van der Waals surface area (Å²) in [6.45, 7) is 3.56. The van der Waals surface area contributed by atoms with E-state index < -0.39 is 0 Å². The van der Waals surface area contributed by atoms with Crippen LogP contribution in [0.15, 0.2) is 0 Å². The minimum Gasteiger partial charge on any atom is -0.388 e. The van der Waals surface area contributed by atoms with E-state index in [-0.39, 0.29) is 5.84 Å². The summed E-state index contributed by atoms with van der Waals surface area (Å²) in [5, 5.41) is 7.16. The van der Waals surface area contributed by atoms with Crippen molar-refractivity contribution in [2.75, 3.05) is 45.4 Å². The highest BCUT2D eigenvalue weighted by atomic mass is 32.2. The minimum absolute atomic E-state index is 0.261. The lowest BCUT2D eigenvalue weighted by Gasteiger charge is -2.20. The molecule has 0 bridgehead atoms. The lowest BCUT2D eigenvalue weighted by Crippen LogP contribution is -2.32. The number of nitrogens with one attached hydrogen (secondary N) is 1. The largest absolute Gasteiger partial charge is 0.388 e. The van der Waals surface area contributed by atoms with Gasteiger partial charge < -0.3 is 10.5 Å². The average molecular weight is 219 g/mol. The van der Waals surface area contributed by atoms with E-state index in [0.29, 0.717) is 6.42 Å². The second-order valence-corrected chi connectivity index (χ2v) is 4.09. The molecule has 0 rings (SSSR count). The second-order valence-electron chi connectivity index (χ2n) is 3.10. The summed E-state index contributed by atoms with van der Waals surface area (Å²) in [7, 11) is 1.71. The molecule has 0 atom stereocenters. The van der Waals surface area contributed by atoms with Gasteiger partial charge in [0.1, 0.15) is 0 Å². The van der Waals surface area contributed by atoms with Crippen LogP contribution in [0.3, 0.4) is 0 Å². The van der Waals surface area contributed by atoms with E-state index >= 15 is 0 Å². The molecule has 0 aliphatic carbocycles. The molecule has 0 saturated heterocycles. The Hall–Kier alpha value is -0.260. The molecule has 0 unspecified atom stereocenters. The zero-order valence-corrected chi connectivity index (χ0v) is 9.90. The van der Waals surface area contributed by atoms with Gasteiger partial charge >= 0.3 is 0 Å². The predicted octanol–water partition coefficient (Wildman–Crippen LogP) is 0.624. The molecule has 0 saturated carbocycles. The van der Waals surface area contributed by atoms with Crippen molar-refractivity contribution >= 4 is 17.6 Å². The van der Waals surface area contributed by atoms with Gasteiger partial charge in [-0.2, -0.15) is 11.8 Å². The lowest BCUT2D eigenvalue weighted by molar-refractivity contribution is 0.153. The Bertz CT molecular complexity index is 147. The van der Waals surface area contributed by atoms with E-state index in [1.165, 1.54) is 0 Å². The quantitative estimate of drug-likeness (QED) is 0.441. The van der Waals surface area contributed by atoms with Gasteiger partial charge in [-0.05, 0) is 6.26 Å². The highest BCUT2D eigenvalue weighted by Crippen LogP contribution is 1.97. The zero-order chi connectivity index (χ0) is 10.8. The number of hydrogen-bond donors (Lipinski definition) is 2. The van der Waals surface area contributed by atoms with Crippen LogP contribution < -0.4 is 5.73 Å². The van der Waals surface area contributed by atoms with E-state index in [4.69, 9.17) is 15.9 Å². The van der Waals surface area contributed by atoms with Crippen LogP contribution >= 0.6 is 11.8 Å².